The van der Waals surface area contributed by atoms with Gasteiger partial charge in [0.25, 0.3) is 0 Å². The predicted octanol–water partition coefficient (Wildman–Crippen LogP) is -0.288. The van der Waals surface area contributed by atoms with Gasteiger partial charge in [0.05, 0.1) is 7.11 Å². The molecule has 0 heterocycles. The fraction of sp³-hybridized carbons (Fsp3) is 0.600. The molecule has 0 aromatic rings. The Bertz CT molecular complexity index is 299. The Hall–Kier alpha value is -1.36. The Morgan fingerprint density at radius 3 is 2.80 bits per heavy atom. The Labute approximate surface area is 88.7 Å². The number of amides is 1. The average Bonchev–Trinajstić information content (AvgIpc) is 2.63. The highest BCUT2D eigenvalue weighted by Gasteiger charge is 2.22. The number of nitrogens with one attached hydrogen (secondary N) is 1. The lowest BCUT2D eigenvalue weighted by Gasteiger charge is -2.12. The topological polar surface area (TPSA) is 81.4 Å². The third-order valence-corrected chi connectivity index (χ3v) is 2.34. The third-order valence-electron chi connectivity index (χ3n) is 2.34. The zero-order valence-corrected chi connectivity index (χ0v) is 8.95. The molecular formula is C10H16N2O3. The Morgan fingerprint density at radius 1 is 1.67 bits per heavy atom. The molecule has 0 aromatic carbocycles. The smallest absolute Gasteiger partial charge is 0.328 e. The molecule has 2 atom stereocenters. The molecule has 1 aliphatic carbocycles. The van der Waals surface area contributed by atoms with Crippen LogP contribution in [0.25, 0.3) is 0 Å². The summed E-state index contributed by atoms with van der Waals surface area (Å²) in [5, 5.41) is 2.56. The summed E-state index contributed by atoms with van der Waals surface area (Å²) in [5.74, 6) is -0.688. The van der Waals surface area contributed by atoms with E-state index in [1.54, 1.807) is 6.92 Å². The Morgan fingerprint density at radius 2 is 2.33 bits per heavy atom. The summed E-state index contributed by atoms with van der Waals surface area (Å²) < 4.78 is 4.50. The fourth-order valence-corrected chi connectivity index (χ4v) is 1.45. The van der Waals surface area contributed by atoms with Crippen molar-refractivity contribution >= 4 is 11.9 Å². The van der Waals surface area contributed by atoms with Crippen LogP contribution in [0.2, 0.25) is 0 Å². The molecule has 2 unspecified atom stereocenters. The quantitative estimate of drug-likeness (QED) is 0.630. The first kappa shape index (κ1) is 11.7. The molecule has 5 nitrogen and oxygen atoms in total. The van der Waals surface area contributed by atoms with E-state index in [9.17, 15) is 9.59 Å². The lowest BCUT2D eigenvalue weighted by atomic mass is 10.2. The van der Waals surface area contributed by atoms with Crippen LogP contribution in [-0.2, 0) is 14.3 Å². The molecule has 0 saturated heterocycles. The van der Waals surface area contributed by atoms with Crippen molar-refractivity contribution in [3.05, 3.63) is 11.6 Å². The summed E-state index contributed by atoms with van der Waals surface area (Å²) >= 11 is 0. The van der Waals surface area contributed by atoms with Crippen molar-refractivity contribution in [2.75, 3.05) is 7.11 Å². The minimum atomic E-state index is -0.625. The number of carbonyl (C=O) groups excluding carboxylic acids is 2. The first-order valence-corrected chi connectivity index (χ1v) is 4.88. The van der Waals surface area contributed by atoms with Gasteiger partial charge in [-0.25, -0.2) is 4.79 Å². The summed E-state index contributed by atoms with van der Waals surface area (Å²) in [6.07, 6.45) is 3.10. The normalized spacial score (nSPS) is 21.8. The second-order valence-electron chi connectivity index (χ2n) is 3.65. The van der Waals surface area contributed by atoms with Gasteiger partial charge in [-0.05, 0) is 19.8 Å². The van der Waals surface area contributed by atoms with E-state index in [1.807, 2.05) is 6.08 Å². The molecule has 0 saturated carbocycles. The average molecular weight is 212 g/mol. The van der Waals surface area contributed by atoms with E-state index < -0.39 is 12.0 Å². The molecule has 0 spiro atoms. The van der Waals surface area contributed by atoms with E-state index in [4.69, 9.17) is 5.73 Å². The zero-order chi connectivity index (χ0) is 11.4. The van der Waals surface area contributed by atoms with Gasteiger partial charge in [0.1, 0.15) is 6.04 Å². The van der Waals surface area contributed by atoms with Gasteiger partial charge in [-0.15, -0.1) is 0 Å². The molecule has 5 heteroatoms. The first-order valence-electron chi connectivity index (χ1n) is 4.88. The number of nitrogens with two attached hydrogens (primary N) is 1. The van der Waals surface area contributed by atoms with Crippen LogP contribution in [0.4, 0.5) is 0 Å². The van der Waals surface area contributed by atoms with Crippen molar-refractivity contribution in [2.45, 2.75) is 31.8 Å². The third kappa shape index (κ3) is 3.06. The Kier molecular flexibility index (Phi) is 3.85. The Balaban J connectivity index is 2.46. The molecule has 0 aromatic heterocycles. The van der Waals surface area contributed by atoms with Crippen LogP contribution < -0.4 is 11.1 Å². The molecule has 84 valence electrons. The van der Waals surface area contributed by atoms with Gasteiger partial charge in [-0.1, -0.05) is 6.08 Å². The summed E-state index contributed by atoms with van der Waals surface area (Å²) in [7, 11) is 1.29. The molecular weight excluding hydrogens is 196 g/mol. The van der Waals surface area contributed by atoms with Crippen LogP contribution in [0.5, 0.6) is 0 Å². The molecule has 0 radical (unpaired) electrons. The van der Waals surface area contributed by atoms with Gasteiger partial charge in [-0.2, -0.15) is 0 Å². The van der Waals surface area contributed by atoms with E-state index in [0.717, 1.165) is 6.42 Å². The lowest BCUT2D eigenvalue weighted by molar-refractivity contribution is -0.144. The van der Waals surface area contributed by atoms with Gasteiger partial charge >= 0.3 is 5.97 Å². The summed E-state index contributed by atoms with van der Waals surface area (Å²) in [4.78, 5) is 22.6. The zero-order valence-electron chi connectivity index (χ0n) is 8.95. The van der Waals surface area contributed by atoms with E-state index >= 15 is 0 Å². The molecule has 0 bridgehead atoms. The maximum atomic E-state index is 11.6. The minimum Gasteiger partial charge on any atom is -0.467 e. The van der Waals surface area contributed by atoms with Crippen molar-refractivity contribution in [3.63, 3.8) is 0 Å². The molecule has 0 fully saturated rings. The second-order valence-corrected chi connectivity index (χ2v) is 3.65. The highest BCUT2D eigenvalue weighted by Crippen LogP contribution is 2.16. The van der Waals surface area contributed by atoms with E-state index in [-0.39, 0.29) is 11.9 Å². The highest BCUT2D eigenvalue weighted by atomic mass is 16.5. The molecule has 15 heavy (non-hydrogen) atoms. The van der Waals surface area contributed by atoms with Crippen molar-refractivity contribution in [1.82, 2.24) is 5.32 Å². The van der Waals surface area contributed by atoms with Gasteiger partial charge in [0, 0.05) is 11.6 Å². The van der Waals surface area contributed by atoms with Crippen molar-refractivity contribution in [1.29, 1.82) is 0 Å². The van der Waals surface area contributed by atoms with Crippen molar-refractivity contribution in [2.24, 2.45) is 5.73 Å². The fourth-order valence-electron chi connectivity index (χ4n) is 1.45. The van der Waals surface area contributed by atoms with Gasteiger partial charge < -0.3 is 15.8 Å². The number of hydrogen-bond acceptors (Lipinski definition) is 4. The van der Waals surface area contributed by atoms with Crippen molar-refractivity contribution in [3.8, 4) is 0 Å². The van der Waals surface area contributed by atoms with Crippen molar-refractivity contribution < 1.29 is 14.3 Å². The lowest BCUT2D eigenvalue weighted by Crippen LogP contribution is -2.39. The van der Waals surface area contributed by atoms with E-state index in [1.165, 1.54) is 7.11 Å². The summed E-state index contributed by atoms with van der Waals surface area (Å²) in [6.45, 7) is 1.58. The number of rotatable bonds is 3. The first-order chi connectivity index (χ1) is 7.04. The van der Waals surface area contributed by atoms with Gasteiger partial charge in [0.2, 0.25) is 5.91 Å². The van der Waals surface area contributed by atoms with Crippen LogP contribution in [0.15, 0.2) is 11.6 Å². The van der Waals surface area contributed by atoms with Crippen LogP contribution in [0, 0.1) is 0 Å². The molecule has 1 rings (SSSR count). The number of carbonyl (C=O) groups is 2. The maximum absolute atomic E-state index is 11.6. The predicted molar refractivity (Wildman–Crippen MR) is 54.9 cm³/mol. The molecule has 1 amide bonds. The molecule has 1 aliphatic rings. The molecule has 3 N–H and O–H groups in total. The van der Waals surface area contributed by atoms with Crippen LogP contribution in [0.3, 0.4) is 0 Å². The standard InChI is InChI=1S/C10H16N2O3/c1-6(10(14)15-2)12-9(13)7-3-4-8(11)5-7/h3,6,8H,4-5,11H2,1-2H3,(H,12,13). The van der Waals surface area contributed by atoms with E-state index in [2.05, 4.69) is 10.1 Å². The number of ether oxygens (including phenoxy) is 1. The van der Waals surface area contributed by atoms with Crippen LogP contribution >= 0.6 is 0 Å². The maximum Gasteiger partial charge on any atom is 0.328 e. The summed E-state index contributed by atoms with van der Waals surface area (Å²) in [6, 6.07) is -0.598. The van der Waals surface area contributed by atoms with Gasteiger partial charge in [-0.3, -0.25) is 4.79 Å². The van der Waals surface area contributed by atoms with E-state index in [0.29, 0.717) is 12.0 Å². The molecule has 0 aliphatic heterocycles. The van der Waals surface area contributed by atoms with Crippen LogP contribution in [0.1, 0.15) is 19.8 Å². The van der Waals surface area contributed by atoms with Crippen LogP contribution in [-0.4, -0.2) is 31.1 Å². The highest BCUT2D eigenvalue weighted by molar-refractivity contribution is 5.96. The largest absolute Gasteiger partial charge is 0.467 e. The summed E-state index contributed by atoms with van der Waals surface area (Å²) in [5.41, 5.74) is 6.31. The monoisotopic (exact) mass is 212 g/mol. The van der Waals surface area contributed by atoms with Gasteiger partial charge in [0.15, 0.2) is 0 Å². The second kappa shape index (κ2) is 4.93. The minimum absolute atomic E-state index is 0.0270. The number of methoxy groups -OCH3 is 1. The SMILES string of the molecule is COC(=O)C(C)NC(=O)C1=CCC(N)C1. The number of hydrogen-bond donors (Lipinski definition) is 2. The number of esters is 1.